The van der Waals surface area contributed by atoms with Gasteiger partial charge >= 0.3 is 0 Å². The van der Waals surface area contributed by atoms with Crippen molar-refractivity contribution in [1.29, 1.82) is 0 Å². The summed E-state index contributed by atoms with van der Waals surface area (Å²) < 4.78 is 0. The van der Waals surface area contributed by atoms with Gasteiger partial charge in [-0.05, 0) is 51.7 Å². The van der Waals surface area contributed by atoms with E-state index in [2.05, 4.69) is 6.07 Å². The highest BCUT2D eigenvalue weighted by Gasteiger charge is 2.33. The van der Waals surface area contributed by atoms with Crippen LogP contribution in [0.1, 0.15) is 47.2 Å². The summed E-state index contributed by atoms with van der Waals surface area (Å²) in [6.07, 6.45) is 3.71. The van der Waals surface area contributed by atoms with E-state index in [4.69, 9.17) is 5.73 Å². The topological polar surface area (TPSA) is 66.6 Å². The number of carbonyl (C=O) groups excluding carboxylic acids is 2. The second-order valence-corrected chi connectivity index (χ2v) is 7.65. The SMILES string of the molecule is Cc1cc(C)cc(C(=O)N2CCCC(C(=O)N3CCCC(N)C3)C2)c1. The molecule has 0 spiro atoms. The van der Waals surface area contributed by atoms with Crippen LogP contribution in [-0.4, -0.2) is 53.8 Å². The zero-order valence-electron chi connectivity index (χ0n) is 15.3. The van der Waals surface area contributed by atoms with Gasteiger partial charge in [-0.1, -0.05) is 17.2 Å². The smallest absolute Gasteiger partial charge is 0.253 e. The van der Waals surface area contributed by atoms with E-state index in [1.807, 2.05) is 35.8 Å². The van der Waals surface area contributed by atoms with Crippen LogP contribution in [0.25, 0.3) is 0 Å². The Morgan fingerprint density at radius 1 is 0.960 bits per heavy atom. The molecule has 136 valence electrons. The second-order valence-electron chi connectivity index (χ2n) is 7.65. The van der Waals surface area contributed by atoms with E-state index in [0.29, 0.717) is 13.1 Å². The highest BCUT2D eigenvalue weighted by atomic mass is 16.2. The Labute approximate surface area is 150 Å². The monoisotopic (exact) mass is 343 g/mol. The molecule has 1 aromatic rings. The van der Waals surface area contributed by atoms with E-state index in [0.717, 1.165) is 55.5 Å². The Kier molecular flexibility index (Phi) is 5.42. The molecular formula is C20H29N3O2. The quantitative estimate of drug-likeness (QED) is 0.894. The predicted octanol–water partition coefficient (Wildman–Crippen LogP) is 2.11. The highest BCUT2D eigenvalue weighted by molar-refractivity contribution is 5.95. The minimum Gasteiger partial charge on any atom is -0.341 e. The van der Waals surface area contributed by atoms with Crippen molar-refractivity contribution in [1.82, 2.24) is 9.80 Å². The number of likely N-dealkylation sites (tertiary alicyclic amines) is 2. The van der Waals surface area contributed by atoms with Gasteiger partial charge in [0, 0.05) is 37.8 Å². The van der Waals surface area contributed by atoms with E-state index in [1.54, 1.807) is 0 Å². The van der Waals surface area contributed by atoms with Crippen molar-refractivity contribution >= 4 is 11.8 Å². The van der Waals surface area contributed by atoms with Gasteiger partial charge < -0.3 is 15.5 Å². The van der Waals surface area contributed by atoms with E-state index in [9.17, 15) is 9.59 Å². The minimum absolute atomic E-state index is 0.0413. The molecule has 2 saturated heterocycles. The summed E-state index contributed by atoms with van der Waals surface area (Å²) in [4.78, 5) is 29.5. The number of piperidine rings is 2. The summed E-state index contributed by atoms with van der Waals surface area (Å²) in [7, 11) is 0. The van der Waals surface area contributed by atoms with Crippen molar-refractivity contribution in [3.8, 4) is 0 Å². The summed E-state index contributed by atoms with van der Waals surface area (Å²) in [6.45, 7) is 6.72. The van der Waals surface area contributed by atoms with Gasteiger partial charge in [-0.2, -0.15) is 0 Å². The molecule has 0 aromatic heterocycles. The summed E-state index contributed by atoms with van der Waals surface area (Å²) >= 11 is 0. The number of amides is 2. The van der Waals surface area contributed by atoms with Gasteiger partial charge in [-0.25, -0.2) is 0 Å². The molecule has 2 atom stereocenters. The number of hydrogen-bond acceptors (Lipinski definition) is 3. The number of nitrogens with zero attached hydrogens (tertiary/aromatic N) is 2. The molecule has 0 aliphatic carbocycles. The fraction of sp³-hybridized carbons (Fsp3) is 0.600. The van der Waals surface area contributed by atoms with E-state index in [1.165, 1.54) is 0 Å². The van der Waals surface area contributed by atoms with Gasteiger partial charge in [-0.15, -0.1) is 0 Å². The highest BCUT2D eigenvalue weighted by Crippen LogP contribution is 2.23. The predicted molar refractivity (Wildman–Crippen MR) is 98.3 cm³/mol. The maximum atomic E-state index is 12.9. The van der Waals surface area contributed by atoms with Crippen LogP contribution >= 0.6 is 0 Å². The van der Waals surface area contributed by atoms with Crippen molar-refractivity contribution in [2.45, 2.75) is 45.6 Å². The molecule has 0 radical (unpaired) electrons. The van der Waals surface area contributed by atoms with Crippen LogP contribution in [0.2, 0.25) is 0 Å². The molecule has 2 aliphatic heterocycles. The molecule has 2 N–H and O–H groups in total. The van der Waals surface area contributed by atoms with Crippen LogP contribution in [0.3, 0.4) is 0 Å². The molecule has 25 heavy (non-hydrogen) atoms. The number of carbonyl (C=O) groups is 2. The molecule has 2 aliphatic rings. The van der Waals surface area contributed by atoms with Crippen molar-refractivity contribution in [2.24, 2.45) is 11.7 Å². The van der Waals surface area contributed by atoms with E-state index < -0.39 is 0 Å². The van der Waals surface area contributed by atoms with Gasteiger partial charge in [0.1, 0.15) is 0 Å². The van der Waals surface area contributed by atoms with Gasteiger partial charge in [-0.3, -0.25) is 9.59 Å². The van der Waals surface area contributed by atoms with Crippen LogP contribution in [0.5, 0.6) is 0 Å². The number of benzene rings is 1. The molecule has 5 nitrogen and oxygen atoms in total. The third-order valence-electron chi connectivity index (χ3n) is 5.30. The molecular weight excluding hydrogens is 314 g/mol. The van der Waals surface area contributed by atoms with Crippen molar-refractivity contribution in [2.75, 3.05) is 26.2 Å². The van der Waals surface area contributed by atoms with Crippen LogP contribution < -0.4 is 5.73 Å². The Bertz CT molecular complexity index is 638. The Balaban J connectivity index is 1.68. The fourth-order valence-corrected chi connectivity index (χ4v) is 4.11. The fourth-order valence-electron chi connectivity index (χ4n) is 4.11. The number of aryl methyl sites for hydroxylation is 2. The molecule has 5 heteroatoms. The zero-order chi connectivity index (χ0) is 18.0. The number of hydrogen-bond donors (Lipinski definition) is 1. The first kappa shape index (κ1) is 17.9. The zero-order valence-corrected chi connectivity index (χ0v) is 15.3. The summed E-state index contributed by atoms with van der Waals surface area (Å²) in [5.74, 6) is 0.127. The Morgan fingerprint density at radius 3 is 2.28 bits per heavy atom. The second kappa shape index (κ2) is 7.56. The molecule has 3 rings (SSSR count). The third-order valence-corrected chi connectivity index (χ3v) is 5.30. The average Bonchev–Trinajstić information content (AvgIpc) is 2.59. The first-order valence-corrected chi connectivity index (χ1v) is 9.36. The van der Waals surface area contributed by atoms with E-state index >= 15 is 0 Å². The maximum absolute atomic E-state index is 12.9. The lowest BCUT2D eigenvalue weighted by Crippen LogP contribution is -2.51. The van der Waals surface area contributed by atoms with Gasteiger partial charge in [0.15, 0.2) is 0 Å². The Morgan fingerprint density at radius 2 is 1.60 bits per heavy atom. The first-order valence-electron chi connectivity index (χ1n) is 9.36. The average molecular weight is 343 g/mol. The largest absolute Gasteiger partial charge is 0.341 e. The van der Waals surface area contributed by atoms with Crippen LogP contribution in [0.4, 0.5) is 0 Å². The molecule has 2 amide bonds. The molecule has 2 unspecified atom stereocenters. The summed E-state index contributed by atoms with van der Waals surface area (Å²) in [5.41, 5.74) is 8.93. The molecule has 0 saturated carbocycles. The number of rotatable bonds is 2. The molecule has 0 bridgehead atoms. The van der Waals surface area contributed by atoms with Crippen LogP contribution in [-0.2, 0) is 4.79 Å². The van der Waals surface area contributed by atoms with Gasteiger partial charge in [0.05, 0.1) is 5.92 Å². The number of nitrogens with two attached hydrogens (primary N) is 1. The lowest BCUT2D eigenvalue weighted by atomic mass is 9.94. The third kappa shape index (κ3) is 4.21. The maximum Gasteiger partial charge on any atom is 0.253 e. The summed E-state index contributed by atoms with van der Waals surface area (Å²) in [6, 6.07) is 6.03. The van der Waals surface area contributed by atoms with Gasteiger partial charge in [0.2, 0.25) is 5.91 Å². The van der Waals surface area contributed by atoms with E-state index in [-0.39, 0.29) is 23.8 Å². The molecule has 2 fully saturated rings. The first-order chi connectivity index (χ1) is 11.9. The van der Waals surface area contributed by atoms with Crippen LogP contribution in [0, 0.1) is 19.8 Å². The summed E-state index contributed by atoms with van der Waals surface area (Å²) in [5, 5.41) is 0. The normalized spacial score (nSPS) is 24.3. The lowest BCUT2D eigenvalue weighted by molar-refractivity contribution is -0.138. The standard InChI is InChI=1S/C20H29N3O2/c1-14-9-15(2)11-17(10-14)20(25)22-7-3-5-16(12-22)19(24)23-8-4-6-18(21)13-23/h9-11,16,18H,3-8,12-13,21H2,1-2H3. The van der Waals surface area contributed by atoms with Crippen molar-refractivity contribution in [3.05, 3.63) is 34.9 Å². The lowest BCUT2D eigenvalue weighted by Gasteiger charge is -2.37. The van der Waals surface area contributed by atoms with Gasteiger partial charge in [0.25, 0.3) is 5.91 Å². The Hall–Kier alpha value is -1.88. The minimum atomic E-state index is -0.0890. The molecule has 2 heterocycles. The molecule has 1 aromatic carbocycles. The van der Waals surface area contributed by atoms with Crippen molar-refractivity contribution in [3.63, 3.8) is 0 Å². The van der Waals surface area contributed by atoms with Crippen molar-refractivity contribution < 1.29 is 9.59 Å². The van der Waals surface area contributed by atoms with Crippen LogP contribution in [0.15, 0.2) is 18.2 Å².